The van der Waals surface area contributed by atoms with E-state index in [-0.39, 0.29) is 11.0 Å². The highest BCUT2D eigenvalue weighted by Crippen LogP contribution is 2.45. The Kier molecular flexibility index (Phi) is 2.35. The van der Waals surface area contributed by atoms with Crippen LogP contribution in [0.3, 0.4) is 0 Å². The van der Waals surface area contributed by atoms with Gasteiger partial charge in [0.25, 0.3) is 0 Å². The van der Waals surface area contributed by atoms with Crippen molar-refractivity contribution in [3.05, 3.63) is 0 Å². The van der Waals surface area contributed by atoms with E-state index >= 15 is 0 Å². The maximum absolute atomic E-state index is 13.0. The first-order valence-electron chi connectivity index (χ1n) is 7.01. The summed E-state index contributed by atoms with van der Waals surface area (Å²) in [5.41, 5.74) is 0.0527. The van der Waals surface area contributed by atoms with Crippen molar-refractivity contribution < 1.29 is 4.79 Å². The van der Waals surface area contributed by atoms with Gasteiger partial charge in [-0.05, 0) is 59.5 Å². The van der Waals surface area contributed by atoms with Gasteiger partial charge in [0.05, 0.1) is 5.41 Å². The molecule has 0 spiro atoms. The molecule has 3 saturated heterocycles. The molecule has 0 saturated carbocycles. The number of hydrogen-bond donors (Lipinski definition) is 0. The highest BCUT2D eigenvalue weighted by atomic mass is 16.2. The zero-order valence-electron chi connectivity index (χ0n) is 11.3. The summed E-state index contributed by atoms with van der Waals surface area (Å²) in [5, 5.41) is 0. The Balaban J connectivity index is 1.87. The molecule has 2 bridgehead atoms. The predicted octanol–water partition coefficient (Wildman–Crippen LogP) is 1.87. The van der Waals surface area contributed by atoms with Crippen LogP contribution in [0.1, 0.15) is 46.5 Å². The van der Waals surface area contributed by atoms with Gasteiger partial charge in [0.15, 0.2) is 0 Å². The van der Waals surface area contributed by atoms with Crippen LogP contribution >= 0.6 is 0 Å². The van der Waals surface area contributed by atoms with Crippen LogP contribution in [0.25, 0.3) is 0 Å². The molecule has 0 aliphatic carbocycles. The fourth-order valence-corrected chi connectivity index (χ4v) is 4.15. The molecular weight excluding hydrogens is 212 g/mol. The van der Waals surface area contributed by atoms with Gasteiger partial charge >= 0.3 is 0 Å². The number of amides is 1. The maximum Gasteiger partial charge on any atom is 0.230 e. The van der Waals surface area contributed by atoms with Gasteiger partial charge in [0, 0.05) is 18.1 Å². The van der Waals surface area contributed by atoms with Gasteiger partial charge < -0.3 is 9.80 Å². The highest BCUT2D eigenvalue weighted by Gasteiger charge is 2.54. The van der Waals surface area contributed by atoms with Crippen molar-refractivity contribution in [3.8, 4) is 0 Å². The van der Waals surface area contributed by atoms with Gasteiger partial charge in [0.2, 0.25) is 5.91 Å². The van der Waals surface area contributed by atoms with Crippen LogP contribution < -0.4 is 0 Å². The molecule has 3 aliphatic heterocycles. The van der Waals surface area contributed by atoms with E-state index in [9.17, 15) is 4.79 Å². The minimum atomic E-state index is -0.0180. The minimum absolute atomic E-state index is 0.0180. The Bertz CT molecular complexity index is 342. The molecule has 0 N–H and O–H groups in total. The third-order valence-electron chi connectivity index (χ3n) is 5.28. The second kappa shape index (κ2) is 3.47. The molecule has 3 nitrogen and oxygen atoms in total. The SMILES string of the molecule is CC1CCC(C)(C)N1C(=O)C12CCN(CC1)C2. The lowest BCUT2D eigenvalue weighted by molar-refractivity contribution is -0.146. The molecule has 1 unspecified atom stereocenters. The normalized spacial score (nSPS) is 43.4. The van der Waals surface area contributed by atoms with E-state index < -0.39 is 0 Å². The van der Waals surface area contributed by atoms with Crippen molar-refractivity contribution in [2.45, 2.75) is 58.0 Å². The molecule has 3 heteroatoms. The van der Waals surface area contributed by atoms with Gasteiger partial charge in [-0.25, -0.2) is 0 Å². The summed E-state index contributed by atoms with van der Waals surface area (Å²) >= 11 is 0. The predicted molar refractivity (Wildman–Crippen MR) is 67.7 cm³/mol. The topological polar surface area (TPSA) is 23.6 Å². The van der Waals surface area contributed by atoms with Crippen LogP contribution in [-0.4, -0.2) is 46.9 Å². The Morgan fingerprint density at radius 3 is 2.24 bits per heavy atom. The number of piperidine rings is 1. The van der Waals surface area contributed by atoms with Crippen molar-refractivity contribution >= 4 is 5.91 Å². The summed E-state index contributed by atoms with van der Waals surface area (Å²) in [7, 11) is 0. The quantitative estimate of drug-likeness (QED) is 0.694. The molecule has 0 radical (unpaired) electrons. The average Bonchev–Trinajstić information content (AvgIpc) is 2.93. The molecule has 3 rings (SSSR count). The molecule has 3 aliphatic rings. The van der Waals surface area contributed by atoms with Crippen LogP contribution in [0, 0.1) is 5.41 Å². The van der Waals surface area contributed by atoms with Gasteiger partial charge in [-0.1, -0.05) is 0 Å². The lowest BCUT2D eigenvalue weighted by Gasteiger charge is -2.40. The average molecular weight is 236 g/mol. The fraction of sp³-hybridized carbons (Fsp3) is 0.929. The first-order valence-corrected chi connectivity index (χ1v) is 7.01. The maximum atomic E-state index is 13.0. The largest absolute Gasteiger partial charge is 0.334 e. The molecule has 1 amide bonds. The Hall–Kier alpha value is -0.570. The van der Waals surface area contributed by atoms with Crippen LogP contribution in [0.2, 0.25) is 0 Å². The van der Waals surface area contributed by atoms with E-state index in [0.29, 0.717) is 11.9 Å². The molecular formula is C14H24N2O. The van der Waals surface area contributed by atoms with E-state index in [1.807, 2.05) is 0 Å². The fourth-order valence-electron chi connectivity index (χ4n) is 4.15. The van der Waals surface area contributed by atoms with Crippen LogP contribution in [0.15, 0.2) is 0 Å². The van der Waals surface area contributed by atoms with E-state index in [4.69, 9.17) is 0 Å². The first kappa shape index (κ1) is 11.5. The summed E-state index contributed by atoms with van der Waals surface area (Å²) in [4.78, 5) is 17.6. The molecule has 3 heterocycles. The minimum Gasteiger partial charge on any atom is -0.334 e. The van der Waals surface area contributed by atoms with Crippen molar-refractivity contribution in [1.82, 2.24) is 9.80 Å². The smallest absolute Gasteiger partial charge is 0.230 e. The number of rotatable bonds is 1. The molecule has 1 atom stereocenters. The summed E-state index contributed by atoms with van der Waals surface area (Å²) in [6, 6.07) is 0.432. The number of hydrogen-bond acceptors (Lipinski definition) is 2. The summed E-state index contributed by atoms with van der Waals surface area (Å²) in [6.45, 7) is 9.96. The van der Waals surface area contributed by atoms with E-state index in [0.717, 1.165) is 38.9 Å². The second-order valence-corrected chi connectivity index (χ2v) is 6.93. The number of carbonyl (C=O) groups excluding carboxylic acids is 1. The standard InChI is InChI=1S/C14H24N2O/c1-11-4-5-13(2,3)16(11)12(17)14-6-8-15(10-14)9-7-14/h11H,4-10H2,1-3H3. The Morgan fingerprint density at radius 1 is 1.18 bits per heavy atom. The Labute approximate surface area is 104 Å². The third-order valence-corrected chi connectivity index (χ3v) is 5.28. The second-order valence-electron chi connectivity index (χ2n) is 6.93. The first-order chi connectivity index (χ1) is 7.95. The summed E-state index contributed by atoms with van der Waals surface area (Å²) in [6.07, 6.45) is 4.49. The number of likely N-dealkylation sites (tertiary alicyclic amines) is 1. The number of nitrogens with zero attached hydrogens (tertiary/aromatic N) is 2. The molecule has 0 aromatic rings. The molecule has 96 valence electrons. The third kappa shape index (κ3) is 1.55. The monoisotopic (exact) mass is 236 g/mol. The van der Waals surface area contributed by atoms with Gasteiger partial charge in [-0.15, -0.1) is 0 Å². The zero-order valence-corrected chi connectivity index (χ0v) is 11.3. The number of carbonyl (C=O) groups is 1. The number of fused-ring (bicyclic) bond motifs is 2. The lowest BCUT2D eigenvalue weighted by atomic mass is 9.82. The molecule has 17 heavy (non-hydrogen) atoms. The van der Waals surface area contributed by atoms with Gasteiger partial charge in [-0.2, -0.15) is 0 Å². The van der Waals surface area contributed by atoms with Crippen molar-refractivity contribution in [2.75, 3.05) is 19.6 Å². The lowest BCUT2D eigenvalue weighted by Crippen LogP contribution is -2.52. The van der Waals surface area contributed by atoms with Crippen molar-refractivity contribution in [1.29, 1.82) is 0 Å². The van der Waals surface area contributed by atoms with Gasteiger partial charge in [0.1, 0.15) is 0 Å². The van der Waals surface area contributed by atoms with Crippen LogP contribution in [0.4, 0.5) is 0 Å². The van der Waals surface area contributed by atoms with Crippen molar-refractivity contribution in [2.24, 2.45) is 5.41 Å². The van der Waals surface area contributed by atoms with Crippen molar-refractivity contribution in [3.63, 3.8) is 0 Å². The van der Waals surface area contributed by atoms with E-state index in [1.165, 1.54) is 6.42 Å². The van der Waals surface area contributed by atoms with Gasteiger partial charge in [-0.3, -0.25) is 4.79 Å². The van der Waals surface area contributed by atoms with E-state index in [1.54, 1.807) is 0 Å². The highest BCUT2D eigenvalue weighted by molar-refractivity contribution is 5.85. The summed E-state index contributed by atoms with van der Waals surface area (Å²) < 4.78 is 0. The molecule has 0 aromatic heterocycles. The summed E-state index contributed by atoms with van der Waals surface area (Å²) in [5.74, 6) is 0.451. The molecule has 0 aromatic carbocycles. The van der Waals surface area contributed by atoms with Crippen LogP contribution in [-0.2, 0) is 4.79 Å². The van der Waals surface area contributed by atoms with Crippen LogP contribution in [0.5, 0.6) is 0 Å². The zero-order chi connectivity index (χ0) is 12.3. The van der Waals surface area contributed by atoms with E-state index in [2.05, 4.69) is 30.6 Å². The Morgan fingerprint density at radius 2 is 1.82 bits per heavy atom. The molecule has 3 fully saturated rings.